The number of ether oxygens (including phenoxy) is 3. The predicted molar refractivity (Wildman–Crippen MR) is 72.5 cm³/mol. The maximum Gasteiger partial charge on any atom is 0.320 e. The molecule has 0 spiro atoms. The molecular formula is C13H27NO5. The van der Waals surface area contributed by atoms with E-state index in [2.05, 4.69) is 5.32 Å². The Labute approximate surface area is 115 Å². The second-order valence-corrected chi connectivity index (χ2v) is 4.20. The van der Waals surface area contributed by atoms with Crippen LogP contribution in [0.15, 0.2) is 0 Å². The highest BCUT2D eigenvalue weighted by Crippen LogP contribution is 1.94. The van der Waals surface area contributed by atoms with E-state index < -0.39 is 12.0 Å². The molecule has 0 saturated heterocycles. The van der Waals surface area contributed by atoms with Crippen molar-refractivity contribution in [1.82, 2.24) is 5.32 Å². The van der Waals surface area contributed by atoms with Crippen LogP contribution in [0, 0.1) is 0 Å². The van der Waals surface area contributed by atoms with Gasteiger partial charge in [-0.1, -0.05) is 6.92 Å². The second-order valence-electron chi connectivity index (χ2n) is 4.20. The zero-order valence-corrected chi connectivity index (χ0v) is 12.0. The van der Waals surface area contributed by atoms with Gasteiger partial charge in [-0.3, -0.25) is 4.79 Å². The summed E-state index contributed by atoms with van der Waals surface area (Å²) in [5.74, 6) is -0.826. The molecule has 114 valence electrons. The minimum absolute atomic E-state index is 0.426. The lowest BCUT2D eigenvalue weighted by Crippen LogP contribution is -2.38. The molecule has 19 heavy (non-hydrogen) atoms. The number of rotatable bonds is 14. The van der Waals surface area contributed by atoms with Gasteiger partial charge in [0.05, 0.1) is 13.2 Å². The molecule has 0 aromatic rings. The summed E-state index contributed by atoms with van der Waals surface area (Å²) in [5.41, 5.74) is 0. The van der Waals surface area contributed by atoms with E-state index in [1.54, 1.807) is 7.11 Å². The summed E-state index contributed by atoms with van der Waals surface area (Å²) in [7, 11) is 1.66. The molecule has 0 fully saturated rings. The van der Waals surface area contributed by atoms with E-state index in [1.807, 2.05) is 6.92 Å². The van der Waals surface area contributed by atoms with E-state index in [0.717, 1.165) is 12.8 Å². The van der Waals surface area contributed by atoms with Crippen LogP contribution in [0.2, 0.25) is 0 Å². The van der Waals surface area contributed by atoms with Gasteiger partial charge < -0.3 is 24.6 Å². The number of aliphatic carboxylic acids is 1. The Balaban J connectivity index is 3.37. The molecule has 0 aliphatic heterocycles. The summed E-state index contributed by atoms with van der Waals surface area (Å²) in [5, 5.41) is 11.9. The van der Waals surface area contributed by atoms with Gasteiger partial charge in [0, 0.05) is 26.9 Å². The molecule has 1 unspecified atom stereocenters. The summed E-state index contributed by atoms with van der Waals surface area (Å²) in [6.45, 7) is 5.52. The van der Waals surface area contributed by atoms with E-state index in [-0.39, 0.29) is 0 Å². The lowest BCUT2D eigenvalue weighted by molar-refractivity contribution is -0.140. The second kappa shape index (κ2) is 13.7. The summed E-state index contributed by atoms with van der Waals surface area (Å²) < 4.78 is 15.6. The fraction of sp³-hybridized carbons (Fsp3) is 0.923. The van der Waals surface area contributed by atoms with Crippen LogP contribution in [0.3, 0.4) is 0 Å². The maximum atomic E-state index is 10.9. The van der Waals surface area contributed by atoms with Crippen molar-refractivity contribution in [3.63, 3.8) is 0 Å². The average Bonchev–Trinajstić information content (AvgIpc) is 2.39. The van der Waals surface area contributed by atoms with Crippen molar-refractivity contribution in [2.24, 2.45) is 0 Å². The first kappa shape index (κ1) is 18.3. The fourth-order valence-corrected chi connectivity index (χ4v) is 1.46. The number of carboxylic acid groups (broad SMARTS) is 1. The lowest BCUT2D eigenvalue weighted by Gasteiger charge is -2.13. The fourth-order valence-electron chi connectivity index (χ4n) is 1.46. The Morgan fingerprint density at radius 2 is 1.84 bits per heavy atom. The minimum atomic E-state index is -0.826. The lowest BCUT2D eigenvalue weighted by atomic mass is 10.2. The van der Waals surface area contributed by atoms with Gasteiger partial charge in [-0.25, -0.2) is 0 Å². The number of hydrogen-bond donors (Lipinski definition) is 2. The molecule has 6 heteroatoms. The molecule has 1 atom stereocenters. The van der Waals surface area contributed by atoms with Crippen molar-refractivity contribution in [2.45, 2.75) is 32.2 Å². The Morgan fingerprint density at radius 1 is 1.16 bits per heavy atom. The molecule has 0 amide bonds. The zero-order valence-electron chi connectivity index (χ0n) is 12.0. The van der Waals surface area contributed by atoms with Gasteiger partial charge in [0.2, 0.25) is 0 Å². The largest absolute Gasteiger partial charge is 0.480 e. The van der Waals surface area contributed by atoms with E-state index in [9.17, 15) is 4.79 Å². The maximum absolute atomic E-state index is 10.9. The van der Waals surface area contributed by atoms with Gasteiger partial charge >= 0.3 is 5.97 Å². The average molecular weight is 277 g/mol. The first-order valence-corrected chi connectivity index (χ1v) is 6.83. The molecule has 6 nitrogen and oxygen atoms in total. The van der Waals surface area contributed by atoms with Crippen LogP contribution in [0.5, 0.6) is 0 Å². The highest BCUT2D eigenvalue weighted by Gasteiger charge is 2.15. The number of carbonyl (C=O) groups is 1. The number of carboxylic acids is 1. The monoisotopic (exact) mass is 277 g/mol. The molecule has 0 heterocycles. The van der Waals surface area contributed by atoms with Crippen molar-refractivity contribution in [3.8, 4) is 0 Å². The van der Waals surface area contributed by atoms with Crippen LogP contribution < -0.4 is 5.32 Å². The van der Waals surface area contributed by atoms with E-state index in [4.69, 9.17) is 19.3 Å². The molecule has 0 aromatic carbocycles. The summed E-state index contributed by atoms with van der Waals surface area (Å²) in [4.78, 5) is 10.9. The zero-order chi connectivity index (χ0) is 14.3. The third kappa shape index (κ3) is 12.1. The number of nitrogens with one attached hydrogen (secondary N) is 1. The van der Waals surface area contributed by atoms with Crippen molar-refractivity contribution >= 4 is 5.97 Å². The molecule has 0 aromatic heterocycles. The van der Waals surface area contributed by atoms with Crippen molar-refractivity contribution in [2.75, 3.05) is 46.7 Å². The topological polar surface area (TPSA) is 77.0 Å². The highest BCUT2D eigenvalue weighted by atomic mass is 16.5. The summed E-state index contributed by atoms with van der Waals surface area (Å²) in [6, 6.07) is -0.525. The van der Waals surface area contributed by atoms with Crippen LogP contribution in [-0.4, -0.2) is 63.8 Å². The van der Waals surface area contributed by atoms with Gasteiger partial charge in [0.15, 0.2) is 0 Å². The summed E-state index contributed by atoms with van der Waals surface area (Å²) >= 11 is 0. The quantitative estimate of drug-likeness (QED) is 0.459. The molecule has 2 N–H and O–H groups in total. The Bertz CT molecular complexity index is 213. The van der Waals surface area contributed by atoms with Crippen LogP contribution >= 0.6 is 0 Å². The van der Waals surface area contributed by atoms with E-state index in [0.29, 0.717) is 46.0 Å². The SMILES string of the molecule is CCCNC(CCOCCOCCCOC)C(=O)O. The highest BCUT2D eigenvalue weighted by molar-refractivity contribution is 5.73. The van der Waals surface area contributed by atoms with Crippen molar-refractivity contribution < 1.29 is 24.1 Å². The molecule has 0 rings (SSSR count). The van der Waals surface area contributed by atoms with Crippen LogP contribution in [0.4, 0.5) is 0 Å². The minimum Gasteiger partial charge on any atom is -0.480 e. The third-order valence-corrected chi connectivity index (χ3v) is 2.50. The Morgan fingerprint density at radius 3 is 2.42 bits per heavy atom. The van der Waals surface area contributed by atoms with Gasteiger partial charge in [-0.2, -0.15) is 0 Å². The standard InChI is InChI=1S/C13H27NO5/c1-3-6-14-12(13(15)16)5-9-19-11-10-18-8-4-7-17-2/h12,14H,3-11H2,1-2H3,(H,15,16). The van der Waals surface area contributed by atoms with Crippen molar-refractivity contribution in [1.29, 1.82) is 0 Å². The number of methoxy groups -OCH3 is 1. The molecular weight excluding hydrogens is 250 g/mol. The van der Waals surface area contributed by atoms with E-state index in [1.165, 1.54) is 0 Å². The van der Waals surface area contributed by atoms with Gasteiger partial charge in [0.25, 0.3) is 0 Å². The molecule has 0 bridgehead atoms. The molecule has 0 aliphatic rings. The first-order valence-electron chi connectivity index (χ1n) is 6.83. The van der Waals surface area contributed by atoms with Crippen LogP contribution in [0.1, 0.15) is 26.2 Å². The summed E-state index contributed by atoms with van der Waals surface area (Å²) in [6.07, 6.45) is 2.26. The molecule has 0 aliphatic carbocycles. The smallest absolute Gasteiger partial charge is 0.320 e. The van der Waals surface area contributed by atoms with Crippen LogP contribution in [0.25, 0.3) is 0 Å². The van der Waals surface area contributed by atoms with Crippen LogP contribution in [-0.2, 0) is 19.0 Å². The Hall–Kier alpha value is -0.690. The van der Waals surface area contributed by atoms with E-state index >= 15 is 0 Å². The number of hydrogen-bond acceptors (Lipinski definition) is 5. The first-order chi connectivity index (χ1) is 9.22. The molecule has 0 radical (unpaired) electrons. The van der Waals surface area contributed by atoms with Gasteiger partial charge in [-0.15, -0.1) is 0 Å². The molecule has 0 saturated carbocycles. The van der Waals surface area contributed by atoms with Gasteiger partial charge in [-0.05, 0) is 25.8 Å². The van der Waals surface area contributed by atoms with Gasteiger partial charge in [0.1, 0.15) is 6.04 Å². The Kier molecular flexibility index (Phi) is 13.2. The predicted octanol–water partition coefficient (Wildman–Crippen LogP) is 0.899. The third-order valence-electron chi connectivity index (χ3n) is 2.50. The van der Waals surface area contributed by atoms with Crippen molar-refractivity contribution in [3.05, 3.63) is 0 Å². The normalized spacial score (nSPS) is 12.5.